The van der Waals surface area contributed by atoms with E-state index in [9.17, 15) is 21.9 Å². The molecule has 5 aromatic carbocycles. The van der Waals surface area contributed by atoms with Gasteiger partial charge in [0.2, 0.25) is 19.7 Å². The molecular weight excluding hydrogens is 609 g/mol. The Bertz CT molecular complexity index is 2160. The number of aromatic hydroxyl groups is 1. The van der Waals surface area contributed by atoms with E-state index in [2.05, 4.69) is 0 Å². The number of hydrogen-bond acceptors (Lipinski definition) is 7. The third kappa shape index (κ3) is 5.36. The molecule has 1 aliphatic rings. The molecule has 0 bridgehead atoms. The van der Waals surface area contributed by atoms with Crippen LogP contribution >= 0.6 is 0 Å². The Morgan fingerprint density at radius 3 is 1.87 bits per heavy atom. The molecular formula is C36H32O7S2. The van der Waals surface area contributed by atoms with Gasteiger partial charge >= 0.3 is 0 Å². The van der Waals surface area contributed by atoms with Crippen LogP contribution in [0.2, 0.25) is 0 Å². The summed E-state index contributed by atoms with van der Waals surface area (Å²) in [5, 5.41) is 10.2. The minimum atomic E-state index is -4.10. The molecule has 45 heavy (non-hydrogen) atoms. The number of fused-ring (bicyclic) bond motifs is 3. The van der Waals surface area contributed by atoms with Gasteiger partial charge in [-0.15, -0.1) is 0 Å². The number of benzene rings is 5. The Balaban J connectivity index is 1.54. The van der Waals surface area contributed by atoms with Gasteiger partial charge in [0, 0.05) is 5.56 Å². The molecule has 1 N–H and O–H groups in total. The first-order valence-corrected chi connectivity index (χ1v) is 17.3. The van der Waals surface area contributed by atoms with Crippen molar-refractivity contribution in [3.63, 3.8) is 0 Å². The number of phenolic OH excluding ortho intramolecular Hbond substituents is 1. The molecule has 230 valence electrons. The molecule has 0 saturated carbocycles. The zero-order valence-electron chi connectivity index (χ0n) is 25.3. The first-order chi connectivity index (χ1) is 21.4. The van der Waals surface area contributed by atoms with Crippen molar-refractivity contribution in [1.29, 1.82) is 0 Å². The van der Waals surface area contributed by atoms with Crippen LogP contribution in [0.4, 0.5) is 0 Å². The van der Waals surface area contributed by atoms with Crippen molar-refractivity contribution in [1.82, 2.24) is 0 Å². The largest absolute Gasteiger partial charge is 0.507 e. The summed E-state index contributed by atoms with van der Waals surface area (Å²) < 4.78 is 68.6. The summed E-state index contributed by atoms with van der Waals surface area (Å²) >= 11 is 0. The molecule has 1 heterocycles. The fraction of sp³-hybridized carbons (Fsp3) is 0.167. The molecule has 5 aromatic rings. The predicted molar refractivity (Wildman–Crippen MR) is 171 cm³/mol. The molecule has 0 fully saturated rings. The van der Waals surface area contributed by atoms with E-state index >= 15 is 0 Å². The first-order valence-electron chi connectivity index (χ1n) is 14.4. The van der Waals surface area contributed by atoms with Crippen molar-refractivity contribution in [2.75, 3.05) is 0 Å². The zero-order chi connectivity index (χ0) is 32.1. The second-order valence-corrected chi connectivity index (χ2v) is 15.1. The molecule has 0 radical (unpaired) electrons. The highest BCUT2D eigenvalue weighted by Crippen LogP contribution is 2.43. The first kappa shape index (κ1) is 30.4. The van der Waals surface area contributed by atoms with Crippen molar-refractivity contribution in [3.8, 4) is 28.4 Å². The smallest absolute Gasteiger partial charge is 0.213 e. The zero-order valence-corrected chi connectivity index (χ0v) is 26.9. The minimum absolute atomic E-state index is 0.0162. The minimum Gasteiger partial charge on any atom is -0.507 e. The van der Waals surface area contributed by atoms with Gasteiger partial charge in [-0.2, -0.15) is 0 Å². The van der Waals surface area contributed by atoms with Crippen LogP contribution < -0.4 is 9.47 Å². The van der Waals surface area contributed by atoms with Crippen LogP contribution in [0.25, 0.3) is 11.1 Å². The average molecular weight is 641 g/mol. The van der Waals surface area contributed by atoms with Gasteiger partial charge in [0.1, 0.15) is 40.3 Å². The van der Waals surface area contributed by atoms with Crippen LogP contribution in [0.5, 0.6) is 17.2 Å². The van der Waals surface area contributed by atoms with Crippen LogP contribution in [0, 0.1) is 27.7 Å². The van der Waals surface area contributed by atoms with E-state index in [0.29, 0.717) is 33.4 Å². The van der Waals surface area contributed by atoms with Gasteiger partial charge in [-0.1, -0.05) is 48.5 Å². The van der Waals surface area contributed by atoms with E-state index in [0.717, 1.165) is 11.1 Å². The SMILES string of the molecule is Cc1cc(S(=O)(=O)c2c(C)cc(-c3cccc4c3OCc3ccccc3COc3ccccc3S4(=O)=O)cc2C)cc(C)c1O. The molecule has 0 aliphatic carbocycles. The van der Waals surface area contributed by atoms with Crippen LogP contribution in [0.15, 0.2) is 111 Å². The maximum Gasteiger partial charge on any atom is 0.213 e. The van der Waals surface area contributed by atoms with E-state index in [1.165, 1.54) is 24.3 Å². The Kier molecular flexibility index (Phi) is 7.71. The molecule has 1 aliphatic heterocycles. The number of rotatable bonds is 3. The standard InChI is InChI=1S/C36H32O7S2/c1-22-18-29(19-23(2)34(22)37)44(38,39)36-24(3)16-28(17-25(36)4)30-12-9-15-33-35(30)43-21-27-11-6-5-10-26(27)20-42-31-13-7-8-14-32(31)45(33,40)41/h5-19,37H,20-21H2,1-4H3. The lowest BCUT2D eigenvalue weighted by atomic mass is 9.99. The highest BCUT2D eigenvalue weighted by molar-refractivity contribution is 7.92. The lowest BCUT2D eigenvalue weighted by Crippen LogP contribution is -2.09. The summed E-state index contributed by atoms with van der Waals surface area (Å²) in [4.78, 5) is 0.265. The van der Waals surface area contributed by atoms with Crippen molar-refractivity contribution >= 4 is 19.7 Å². The summed E-state index contributed by atoms with van der Waals surface area (Å²) in [6, 6.07) is 25.5. The maximum absolute atomic E-state index is 14.2. The number of hydrogen-bond donors (Lipinski definition) is 1. The Labute approximate surface area is 263 Å². The topological polar surface area (TPSA) is 107 Å². The predicted octanol–water partition coefficient (Wildman–Crippen LogP) is 7.43. The van der Waals surface area contributed by atoms with Gasteiger partial charge in [-0.05, 0) is 109 Å². The lowest BCUT2D eigenvalue weighted by Gasteiger charge is -2.19. The highest BCUT2D eigenvalue weighted by Gasteiger charge is 2.30. The fourth-order valence-electron chi connectivity index (χ4n) is 5.88. The third-order valence-corrected chi connectivity index (χ3v) is 12.0. The van der Waals surface area contributed by atoms with Gasteiger partial charge in [0.25, 0.3) is 0 Å². The second kappa shape index (κ2) is 11.4. The van der Waals surface area contributed by atoms with E-state index in [-0.39, 0.29) is 50.0 Å². The van der Waals surface area contributed by atoms with Crippen molar-refractivity contribution < 1.29 is 31.4 Å². The van der Waals surface area contributed by atoms with Gasteiger partial charge in [0.05, 0.1) is 9.79 Å². The normalized spacial score (nSPS) is 14.1. The molecule has 0 amide bonds. The van der Waals surface area contributed by atoms with E-state index in [4.69, 9.17) is 9.47 Å². The number of sulfone groups is 2. The molecule has 0 aromatic heterocycles. The van der Waals surface area contributed by atoms with Crippen molar-refractivity contribution in [2.45, 2.75) is 60.5 Å². The Hall–Kier alpha value is -4.60. The van der Waals surface area contributed by atoms with Gasteiger partial charge in [-0.3, -0.25) is 0 Å². The number of phenols is 1. The monoisotopic (exact) mass is 640 g/mol. The third-order valence-electron chi connectivity index (χ3n) is 8.10. The van der Waals surface area contributed by atoms with Crippen molar-refractivity contribution in [2.24, 2.45) is 0 Å². The highest BCUT2D eigenvalue weighted by atomic mass is 32.2. The van der Waals surface area contributed by atoms with Gasteiger partial charge in [-0.25, -0.2) is 16.8 Å². The number of aryl methyl sites for hydroxylation is 4. The number of para-hydroxylation sites is 2. The molecule has 0 spiro atoms. The van der Waals surface area contributed by atoms with Crippen molar-refractivity contribution in [3.05, 3.63) is 124 Å². The quantitative estimate of drug-likeness (QED) is 0.219. The van der Waals surface area contributed by atoms with Crippen LogP contribution in [0.1, 0.15) is 33.4 Å². The van der Waals surface area contributed by atoms with Gasteiger partial charge in [0.15, 0.2) is 0 Å². The average Bonchev–Trinajstić information content (AvgIpc) is 3.02. The summed E-state index contributed by atoms with van der Waals surface area (Å²) in [6.07, 6.45) is 0. The molecule has 7 nitrogen and oxygen atoms in total. The molecule has 6 rings (SSSR count). The molecule has 9 heteroatoms. The van der Waals surface area contributed by atoms with E-state index in [1.807, 2.05) is 24.3 Å². The molecule has 0 unspecified atom stereocenters. The Morgan fingerprint density at radius 1 is 0.667 bits per heavy atom. The Morgan fingerprint density at radius 2 is 1.22 bits per heavy atom. The van der Waals surface area contributed by atoms with Gasteiger partial charge < -0.3 is 14.6 Å². The summed E-state index contributed by atoms with van der Waals surface area (Å²) in [5.74, 6) is 0.474. The van der Waals surface area contributed by atoms with E-state index < -0.39 is 19.7 Å². The summed E-state index contributed by atoms with van der Waals surface area (Å²) in [7, 11) is -8.04. The summed E-state index contributed by atoms with van der Waals surface area (Å²) in [6.45, 7) is 7.03. The maximum atomic E-state index is 14.2. The van der Waals surface area contributed by atoms with Crippen LogP contribution in [-0.2, 0) is 32.9 Å². The molecule has 0 atom stereocenters. The fourth-order valence-corrected chi connectivity index (χ4v) is 9.30. The summed E-state index contributed by atoms with van der Waals surface area (Å²) in [5.41, 5.74) is 4.77. The molecule has 0 saturated heterocycles. The number of ether oxygens (including phenoxy) is 2. The second-order valence-electron chi connectivity index (χ2n) is 11.3. The lowest BCUT2D eigenvalue weighted by molar-refractivity contribution is 0.281. The van der Waals surface area contributed by atoms with E-state index in [1.54, 1.807) is 70.2 Å². The van der Waals surface area contributed by atoms with Crippen LogP contribution in [-0.4, -0.2) is 21.9 Å². The van der Waals surface area contributed by atoms with Crippen LogP contribution in [0.3, 0.4) is 0 Å².